The molecule has 0 radical (unpaired) electrons. The van der Waals surface area contributed by atoms with Crippen molar-refractivity contribution in [2.45, 2.75) is 32.5 Å². The van der Waals surface area contributed by atoms with Crippen LogP contribution in [0.2, 0.25) is 0 Å². The molecular weight excluding hydrogens is 273 g/mol. The molecule has 21 heavy (non-hydrogen) atoms. The third kappa shape index (κ3) is 4.28. The fraction of sp³-hybridized carbons (Fsp3) is 0.500. The molecule has 5 heteroatoms. The lowest BCUT2D eigenvalue weighted by molar-refractivity contribution is -0.109. The molecule has 1 saturated heterocycles. The van der Waals surface area contributed by atoms with Crippen molar-refractivity contribution < 1.29 is 18.7 Å². The number of piperidine rings is 1. The van der Waals surface area contributed by atoms with Gasteiger partial charge in [0.2, 0.25) is 0 Å². The quantitative estimate of drug-likeness (QED) is 0.802. The van der Waals surface area contributed by atoms with Crippen LogP contribution in [-0.2, 0) is 16.1 Å². The highest BCUT2D eigenvalue weighted by atomic mass is 19.1. The van der Waals surface area contributed by atoms with Gasteiger partial charge in [-0.05, 0) is 18.9 Å². The van der Waals surface area contributed by atoms with Gasteiger partial charge in [-0.15, -0.1) is 0 Å². The van der Waals surface area contributed by atoms with E-state index < -0.39 is 12.3 Å². The molecule has 1 aromatic rings. The number of amides is 1. The third-order valence-corrected chi connectivity index (χ3v) is 3.82. The van der Waals surface area contributed by atoms with Crippen molar-refractivity contribution in [2.24, 2.45) is 5.92 Å². The number of alkyl halides is 1. The van der Waals surface area contributed by atoms with Crippen molar-refractivity contribution in [2.75, 3.05) is 13.1 Å². The van der Waals surface area contributed by atoms with Crippen LogP contribution in [0.1, 0.15) is 24.0 Å². The number of likely N-dealkylation sites (tertiary alicyclic amines) is 1. The van der Waals surface area contributed by atoms with Gasteiger partial charge in [0.05, 0.1) is 6.54 Å². The molecular formula is C16H20FNO3. The summed E-state index contributed by atoms with van der Waals surface area (Å²) in [6, 6.07) is 7.70. The number of hydrogen-bond donors (Lipinski definition) is 0. The lowest BCUT2D eigenvalue weighted by Gasteiger charge is -2.33. The number of halogens is 1. The number of nitrogens with zero attached hydrogens (tertiary/aromatic N) is 1. The van der Waals surface area contributed by atoms with Gasteiger partial charge >= 0.3 is 6.09 Å². The van der Waals surface area contributed by atoms with E-state index in [2.05, 4.69) is 0 Å². The first-order valence-electron chi connectivity index (χ1n) is 7.15. The molecule has 1 amide bonds. The monoisotopic (exact) mass is 293 g/mol. The molecule has 1 aliphatic rings. The highest BCUT2D eigenvalue weighted by molar-refractivity contribution is 5.67. The normalized spacial score (nSPS) is 21.9. The second kappa shape index (κ2) is 7.20. The topological polar surface area (TPSA) is 46.6 Å². The molecule has 0 aromatic heterocycles. The minimum absolute atomic E-state index is 0.00520. The van der Waals surface area contributed by atoms with Gasteiger partial charge in [-0.1, -0.05) is 29.8 Å². The fourth-order valence-electron chi connectivity index (χ4n) is 2.43. The first-order valence-corrected chi connectivity index (χ1v) is 7.15. The summed E-state index contributed by atoms with van der Waals surface area (Å²) in [6.45, 7) is 2.61. The molecule has 0 saturated carbocycles. The number of hydrogen-bond acceptors (Lipinski definition) is 3. The van der Waals surface area contributed by atoms with Gasteiger partial charge in [0.25, 0.3) is 0 Å². The summed E-state index contributed by atoms with van der Waals surface area (Å²) in [6.07, 6.45) is -0.200. The van der Waals surface area contributed by atoms with Crippen LogP contribution in [0.15, 0.2) is 24.3 Å². The van der Waals surface area contributed by atoms with Crippen LogP contribution < -0.4 is 0 Å². The number of rotatable bonds is 4. The predicted molar refractivity (Wildman–Crippen MR) is 76.6 cm³/mol. The van der Waals surface area contributed by atoms with Gasteiger partial charge in [0.1, 0.15) is 19.1 Å². The van der Waals surface area contributed by atoms with E-state index in [0.717, 1.165) is 17.4 Å². The molecule has 2 atom stereocenters. The van der Waals surface area contributed by atoms with Gasteiger partial charge < -0.3 is 14.4 Å². The number of aryl methyl sites for hydroxylation is 1. The van der Waals surface area contributed by atoms with Gasteiger partial charge in [-0.3, -0.25) is 0 Å². The Kier molecular flexibility index (Phi) is 5.31. The second-order valence-corrected chi connectivity index (χ2v) is 5.45. The number of aldehydes is 1. The lowest BCUT2D eigenvalue weighted by Crippen LogP contribution is -2.45. The SMILES string of the molecule is Cc1ccc(COC(=O)N2CC[C@H](CC=O)[C@H](F)C2)cc1. The first-order chi connectivity index (χ1) is 10.1. The molecule has 0 bridgehead atoms. The smallest absolute Gasteiger partial charge is 0.410 e. The highest BCUT2D eigenvalue weighted by Gasteiger charge is 2.31. The number of carbonyl (C=O) groups is 2. The molecule has 0 N–H and O–H groups in total. The first kappa shape index (κ1) is 15.5. The van der Waals surface area contributed by atoms with Crippen molar-refractivity contribution >= 4 is 12.4 Å². The zero-order valence-corrected chi connectivity index (χ0v) is 12.1. The summed E-state index contributed by atoms with van der Waals surface area (Å²) < 4.78 is 19.0. The number of ether oxygens (including phenoxy) is 1. The Morgan fingerprint density at radius 3 is 2.76 bits per heavy atom. The van der Waals surface area contributed by atoms with Gasteiger partial charge in [-0.25, -0.2) is 9.18 Å². The molecule has 0 spiro atoms. The maximum absolute atomic E-state index is 13.8. The Hall–Kier alpha value is -1.91. The largest absolute Gasteiger partial charge is 0.445 e. The standard InChI is InChI=1S/C16H20FNO3/c1-12-2-4-13(5-3-12)11-21-16(20)18-8-6-14(7-9-19)15(17)10-18/h2-5,9,14-15H,6-8,10-11H2,1H3/t14-,15-/m1/s1. The van der Waals surface area contributed by atoms with E-state index in [1.807, 2.05) is 31.2 Å². The summed E-state index contributed by atoms with van der Waals surface area (Å²) >= 11 is 0. The van der Waals surface area contributed by atoms with E-state index in [4.69, 9.17) is 4.74 Å². The van der Waals surface area contributed by atoms with Crippen LogP contribution in [0, 0.1) is 12.8 Å². The van der Waals surface area contributed by atoms with Gasteiger partial charge in [0, 0.05) is 18.9 Å². The summed E-state index contributed by atoms with van der Waals surface area (Å²) in [5, 5.41) is 0. The minimum Gasteiger partial charge on any atom is -0.445 e. The Bertz CT molecular complexity index is 489. The Balaban J connectivity index is 1.81. The number of carbonyl (C=O) groups excluding carboxylic acids is 2. The number of benzene rings is 1. The summed E-state index contributed by atoms with van der Waals surface area (Å²) in [5.41, 5.74) is 2.05. The van der Waals surface area contributed by atoms with Crippen LogP contribution in [0.4, 0.5) is 9.18 Å². The van der Waals surface area contributed by atoms with Crippen LogP contribution in [-0.4, -0.2) is 36.5 Å². The average molecular weight is 293 g/mol. The van der Waals surface area contributed by atoms with Crippen LogP contribution in [0.25, 0.3) is 0 Å². The Labute approximate surface area is 123 Å². The predicted octanol–water partition coefficient (Wildman–Crippen LogP) is 2.88. The van der Waals surface area contributed by atoms with Crippen LogP contribution in [0.5, 0.6) is 0 Å². The third-order valence-electron chi connectivity index (χ3n) is 3.82. The Morgan fingerprint density at radius 2 is 2.14 bits per heavy atom. The van der Waals surface area contributed by atoms with Crippen molar-refractivity contribution in [3.05, 3.63) is 35.4 Å². The zero-order chi connectivity index (χ0) is 15.2. The van der Waals surface area contributed by atoms with Gasteiger partial charge in [-0.2, -0.15) is 0 Å². The lowest BCUT2D eigenvalue weighted by atomic mass is 9.93. The van der Waals surface area contributed by atoms with Crippen molar-refractivity contribution in [3.8, 4) is 0 Å². The minimum atomic E-state index is -1.16. The molecule has 1 aliphatic heterocycles. The summed E-state index contributed by atoms with van der Waals surface area (Å²) in [5.74, 6) is -0.274. The Morgan fingerprint density at radius 1 is 1.43 bits per heavy atom. The summed E-state index contributed by atoms with van der Waals surface area (Å²) in [7, 11) is 0. The molecule has 114 valence electrons. The maximum Gasteiger partial charge on any atom is 0.410 e. The summed E-state index contributed by atoms with van der Waals surface area (Å²) in [4.78, 5) is 23.7. The fourth-order valence-corrected chi connectivity index (χ4v) is 2.43. The van der Waals surface area contributed by atoms with Gasteiger partial charge in [0.15, 0.2) is 0 Å². The van der Waals surface area contributed by atoms with E-state index in [1.54, 1.807) is 0 Å². The molecule has 1 aromatic carbocycles. The second-order valence-electron chi connectivity index (χ2n) is 5.45. The average Bonchev–Trinajstić information content (AvgIpc) is 2.48. The van der Waals surface area contributed by atoms with Crippen molar-refractivity contribution in [1.29, 1.82) is 0 Å². The van der Waals surface area contributed by atoms with Crippen LogP contribution >= 0.6 is 0 Å². The molecule has 2 rings (SSSR count). The van der Waals surface area contributed by atoms with Crippen molar-refractivity contribution in [3.63, 3.8) is 0 Å². The molecule has 0 aliphatic carbocycles. The van der Waals surface area contributed by atoms with E-state index in [0.29, 0.717) is 13.0 Å². The van der Waals surface area contributed by atoms with Crippen LogP contribution in [0.3, 0.4) is 0 Å². The maximum atomic E-state index is 13.8. The molecule has 0 unspecified atom stereocenters. The molecule has 4 nitrogen and oxygen atoms in total. The highest BCUT2D eigenvalue weighted by Crippen LogP contribution is 2.23. The van der Waals surface area contributed by atoms with E-state index in [9.17, 15) is 14.0 Å². The van der Waals surface area contributed by atoms with E-state index in [-0.39, 0.29) is 25.5 Å². The molecule has 1 fully saturated rings. The van der Waals surface area contributed by atoms with E-state index >= 15 is 0 Å². The molecule has 1 heterocycles. The van der Waals surface area contributed by atoms with Crippen molar-refractivity contribution in [1.82, 2.24) is 4.90 Å². The van der Waals surface area contributed by atoms with E-state index in [1.165, 1.54) is 4.90 Å². The zero-order valence-electron chi connectivity index (χ0n) is 12.1.